The van der Waals surface area contributed by atoms with E-state index < -0.39 is 5.91 Å². The number of nitrogens with one attached hydrogen (secondary N) is 1. The Hall–Kier alpha value is -3.81. The number of anilines is 4. The Morgan fingerprint density at radius 2 is 1.77 bits per heavy atom. The lowest BCUT2D eigenvalue weighted by Crippen LogP contribution is -2.21. The molecule has 0 fully saturated rings. The summed E-state index contributed by atoms with van der Waals surface area (Å²) in [5, 5.41) is 3.15. The third-order valence-corrected chi connectivity index (χ3v) is 4.83. The van der Waals surface area contributed by atoms with E-state index in [1.54, 1.807) is 24.3 Å². The molecule has 0 aliphatic carbocycles. The third-order valence-electron chi connectivity index (χ3n) is 4.83. The highest BCUT2D eigenvalue weighted by atomic mass is 16.5. The van der Waals surface area contributed by atoms with E-state index in [2.05, 4.69) is 34.0 Å². The van der Waals surface area contributed by atoms with E-state index in [-0.39, 0.29) is 11.5 Å². The number of amides is 1. The lowest BCUT2D eigenvalue weighted by Gasteiger charge is -2.21. The van der Waals surface area contributed by atoms with E-state index in [1.165, 1.54) is 0 Å². The molecular weight excluding hydrogens is 392 g/mol. The molecule has 0 aliphatic heterocycles. The molecule has 0 atom stereocenters. The SMILES string of the molecule is CCc1nc(C(N)=O)c(Nc2ccc(N(CC)CC)cc2)nc1Oc1cccc(N)c1. The topological polar surface area (TPSA) is 119 Å². The molecule has 1 aromatic heterocycles. The molecule has 3 rings (SSSR count). The highest BCUT2D eigenvalue weighted by Crippen LogP contribution is 2.29. The van der Waals surface area contributed by atoms with E-state index >= 15 is 0 Å². The van der Waals surface area contributed by atoms with Gasteiger partial charge in [0.1, 0.15) is 11.4 Å². The minimum absolute atomic E-state index is 0.0598. The first-order valence-electron chi connectivity index (χ1n) is 10.3. The van der Waals surface area contributed by atoms with Gasteiger partial charge >= 0.3 is 0 Å². The zero-order chi connectivity index (χ0) is 22.4. The summed E-state index contributed by atoms with van der Waals surface area (Å²) in [6.45, 7) is 7.97. The molecule has 0 saturated heterocycles. The van der Waals surface area contributed by atoms with Gasteiger partial charge in [-0.3, -0.25) is 4.79 Å². The number of nitrogens with zero attached hydrogens (tertiary/aromatic N) is 3. The van der Waals surface area contributed by atoms with Crippen molar-refractivity contribution in [3.63, 3.8) is 0 Å². The van der Waals surface area contributed by atoms with Gasteiger partial charge in [-0.2, -0.15) is 4.98 Å². The van der Waals surface area contributed by atoms with E-state index in [9.17, 15) is 4.79 Å². The van der Waals surface area contributed by atoms with Gasteiger partial charge < -0.3 is 26.4 Å². The van der Waals surface area contributed by atoms with Crippen molar-refractivity contribution in [2.45, 2.75) is 27.2 Å². The van der Waals surface area contributed by atoms with Crippen LogP contribution in [0.1, 0.15) is 37.0 Å². The summed E-state index contributed by atoms with van der Waals surface area (Å²) in [6, 6.07) is 14.9. The average Bonchev–Trinajstić information content (AvgIpc) is 2.76. The first kappa shape index (κ1) is 21.9. The predicted octanol–water partition coefficient (Wildman–Crippen LogP) is 4.10. The zero-order valence-corrected chi connectivity index (χ0v) is 18.1. The van der Waals surface area contributed by atoms with Crippen molar-refractivity contribution in [2.75, 3.05) is 29.0 Å². The van der Waals surface area contributed by atoms with Gasteiger partial charge in [-0.05, 0) is 56.7 Å². The van der Waals surface area contributed by atoms with Crippen molar-refractivity contribution < 1.29 is 9.53 Å². The molecule has 162 valence electrons. The molecule has 0 radical (unpaired) electrons. The predicted molar refractivity (Wildman–Crippen MR) is 124 cm³/mol. The van der Waals surface area contributed by atoms with Crippen LogP contribution in [0, 0.1) is 0 Å². The van der Waals surface area contributed by atoms with Crippen molar-refractivity contribution >= 4 is 28.8 Å². The summed E-state index contributed by atoms with van der Waals surface area (Å²) in [6.07, 6.45) is 0.518. The Balaban J connectivity index is 1.95. The number of benzene rings is 2. The highest BCUT2D eigenvalue weighted by Gasteiger charge is 2.19. The smallest absolute Gasteiger partial charge is 0.271 e. The molecule has 1 heterocycles. The summed E-state index contributed by atoms with van der Waals surface area (Å²) in [5.74, 6) is 0.393. The number of rotatable bonds is 9. The van der Waals surface area contributed by atoms with E-state index in [4.69, 9.17) is 16.2 Å². The van der Waals surface area contributed by atoms with Gasteiger partial charge in [0.05, 0.1) is 0 Å². The maximum atomic E-state index is 12.0. The van der Waals surface area contributed by atoms with Gasteiger partial charge in [-0.1, -0.05) is 13.0 Å². The summed E-state index contributed by atoms with van der Waals surface area (Å²) in [7, 11) is 0. The lowest BCUT2D eigenvalue weighted by atomic mass is 10.2. The van der Waals surface area contributed by atoms with E-state index in [1.807, 2.05) is 31.2 Å². The van der Waals surface area contributed by atoms with Crippen molar-refractivity contribution in [3.8, 4) is 11.6 Å². The van der Waals surface area contributed by atoms with Crippen molar-refractivity contribution in [1.82, 2.24) is 9.97 Å². The van der Waals surface area contributed by atoms with Crippen molar-refractivity contribution in [1.29, 1.82) is 0 Å². The van der Waals surface area contributed by atoms with Crippen molar-refractivity contribution in [3.05, 3.63) is 59.9 Å². The monoisotopic (exact) mass is 420 g/mol. The van der Waals surface area contributed by atoms with Gasteiger partial charge in [0, 0.05) is 36.2 Å². The largest absolute Gasteiger partial charge is 0.437 e. The van der Waals surface area contributed by atoms with Crippen LogP contribution in [-0.2, 0) is 6.42 Å². The molecule has 0 unspecified atom stereocenters. The number of carbonyl (C=O) groups is 1. The van der Waals surface area contributed by atoms with Gasteiger partial charge in [-0.15, -0.1) is 0 Å². The van der Waals surface area contributed by atoms with Crippen LogP contribution in [0.2, 0.25) is 0 Å². The molecule has 0 saturated carbocycles. The molecule has 1 amide bonds. The van der Waals surface area contributed by atoms with Crippen LogP contribution in [0.4, 0.5) is 22.9 Å². The van der Waals surface area contributed by atoms with E-state index in [0.29, 0.717) is 29.4 Å². The number of ether oxygens (including phenoxy) is 1. The Bertz CT molecular complexity index is 1050. The number of nitrogen functional groups attached to an aromatic ring is 1. The van der Waals surface area contributed by atoms with Crippen LogP contribution in [0.25, 0.3) is 0 Å². The molecule has 0 spiro atoms. The Morgan fingerprint density at radius 1 is 1.06 bits per heavy atom. The summed E-state index contributed by atoms with van der Waals surface area (Å²) >= 11 is 0. The normalized spacial score (nSPS) is 10.5. The first-order chi connectivity index (χ1) is 14.9. The average molecular weight is 421 g/mol. The molecule has 0 aliphatic rings. The fourth-order valence-electron chi connectivity index (χ4n) is 3.20. The first-order valence-corrected chi connectivity index (χ1v) is 10.3. The van der Waals surface area contributed by atoms with Crippen molar-refractivity contribution in [2.24, 2.45) is 5.73 Å². The highest BCUT2D eigenvalue weighted by molar-refractivity contribution is 5.96. The molecule has 2 aromatic carbocycles. The number of hydrogen-bond donors (Lipinski definition) is 3. The number of carbonyl (C=O) groups excluding carboxylic acids is 1. The summed E-state index contributed by atoms with van der Waals surface area (Å²) in [4.78, 5) is 23.2. The second kappa shape index (κ2) is 9.80. The van der Waals surface area contributed by atoms with Crippen LogP contribution in [0.3, 0.4) is 0 Å². The Morgan fingerprint density at radius 3 is 2.35 bits per heavy atom. The van der Waals surface area contributed by atoms with Gasteiger partial charge in [0.15, 0.2) is 11.5 Å². The fraction of sp³-hybridized carbons (Fsp3) is 0.261. The second-order valence-electron chi connectivity index (χ2n) is 6.91. The molecule has 0 bridgehead atoms. The second-order valence-corrected chi connectivity index (χ2v) is 6.91. The third kappa shape index (κ3) is 5.22. The number of hydrogen-bond acceptors (Lipinski definition) is 7. The Labute approximate surface area is 182 Å². The fourth-order valence-corrected chi connectivity index (χ4v) is 3.20. The van der Waals surface area contributed by atoms with Gasteiger partial charge in [0.2, 0.25) is 5.88 Å². The molecule has 5 N–H and O–H groups in total. The standard InChI is InChI=1S/C23H28N6O2/c1-4-19-23(31-18-9-7-8-15(24)14-18)28-22(20(27-19)21(25)30)26-16-10-12-17(13-11-16)29(5-2)6-3/h7-14H,4-6,24H2,1-3H3,(H2,25,30)(H,26,28). The number of aryl methyl sites for hydroxylation is 1. The van der Waals surface area contributed by atoms with Crippen LogP contribution in [-0.4, -0.2) is 29.0 Å². The van der Waals surface area contributed by atoms with Crippen LogP contribution >= 0.6 is 0 Å². The maximum absolute atomic E-state index is 12.0. The molecule has 3 aromatic rings. The summed E-state index contributed by atoms with van der Waals surface area (Å²) in [5.41, 5.74) is 14.4. The number of aromatic nitrogens is 2. The zero-order valence-electron chi connectivity index (χ0n) is 18.1. The molecule has 8 heteroatoms. The maximum Gasteiger partial charge on any atom is 0.271 e. The minimum atomic E-state index is -0.667. The number of nitrogens with two attached hydrogens (primary N) is 2. The number of primary amides is 1. The van der Waals surface area contributed by atoms with Crippen LogP contribution in [0.5, 0.6) is 11.6 Å². The van der Waals surface area contributed by atoms with Gasteiger partial charge in [-0.25, -0.2) is 4.98 Å². The van der Waals surface area contributed by atoms with E-state index in [0.717, 1.165) is 24.5 Å². The molecular formula is C23H28N6O2. The Kier molecular flexibility index (Phi) is 6.92. The van der Waals surface area contributed by atoms with Gasteiger partial charge in [0.25, 0.3) is 5.91 Å². The quantitative estimate of drug-likeness (QED) is 0.446. The minimum Gasteiger partial charge on any atom is -0.437 e. The molecule has 8 nitrogen and oxygen atoms in total. The lowest BCUT2D eigenvalue weighted by molar-refractivity contribution is 0.0996. The van der Waals surface area contributed by atoms with Crippen LogP contribution < -0.4 is 26.4 Å². The van der Waals surface area contributed by atoms with Crippen LogP contribution in [0.15, 0.2) is 48.5 Å². The summed E-state index contributed by atoms with van der Waals surface area (Å²) < 4.78 is 5.92. The molecule has 31 heavy (non-hydrogen) atoms.